The summed E-state index contributed by atoms with van der Waals surface area (Å²) in [7, 11) is 0. The summed E-state index contributed by atoms with van der Waals surface area (Å²) in [5.74, 6) is -0.0463. The van der Waals surface area contributed by atoms with E-state index in [0.29, 0.717) is 13.0 Å². The number of cyclic esters (lactones) is 1. The number of thioether (sulfide) groups is 1. The zero-order valence-electron chi connectivity index (χ0n) is 11.7. The summed E-state index contributed by atoms with van der Waals surface area (Å²) in [5, 5.41) is 4.31. The molecule has 0 bridgehead atoms. The van der Waals surface area contributed by atoms with Gasteiger partial charge in [-0.1, -0.05) is 17.7 Å². The molecule has 0 aromatic heterocycles. The van der Waals surface area contributed by atoms with Crippen molar-refractivity contribution in [3.63, 3.8) is 0 Å². The van der Waals surface area contributed by atoms with E-state index < -0.39 is 0 Å². The average molecular weight is 314 g/mol. The number of esters is 1. The lowest BCUT2D eigenvalue weighted by atomic mass is 10.0. The maximum atomic E-state index is 10.0. The molecule has 1 saturated heterocycles. The lowest BCUT2D eigenvalue weighted by Crippen LogP contribution is -2.16. The molecule has 1 N–H and O–H groups in total. The summed E-state index contributed by atoms with van der Waals surface area (Å²) in [4.78, 5) is 11.3. The van der Waals surface area contributed by atoms with Crippen molar-refractivity contribution in [3.05, 3.63) is 28.3 Å². The molecule has 2 aliphatic heterocycles. The summed E-state index contributed by atoms with van der Waals surface area (Å²) in [6.45, 7) is 2.79. The molecule has 2 heterocycles. The van der Waals surface area contributed by atoms with Crippen molar-refractivity contribution in [1.29, 1.82) is 0 Å². The Morgan fingerprint density at radius 1 is 1.25 bits per heavy atom. The second-order valence-corrected chi connectivity index (χ2v) is 6.02. The van der Waals surface area contributed by atoms with Crippen LogP contribution < -0.4 is 5.32 Å². The van der Waals surface area contributed by atoms with E-state index in [0.717, 1.165) is 37.4 Å². The third-order valence-corrected chi connectivity index (χ3v) is 4.73. The molecule has 1 aromatic carbocycles. The molecule has 3 rings (SSSR count). The predicted molar refractivity (Wildman–Crippen MR) is 83.7 cm³/mol. The Bertz CT molecular complexity index is 471. The number of carbonyl (C=O) groups excluding carboxylic acids is 1. The second-order valence-electron chi connectivity index (χ2n) is 4.79. The van der Waals surface area contributed by atoms with Gasteiger partial charge in [-0.25, -0.2) is 0 Å². The van der Waals surface area contributed by atoms with Gasteiger partial charge in [-0.3, -0.25) is 4.79 Å². The number of nitrogens with one attached hydrogen (secondary N) is 1. The highest BCUT2D eigenvalue weighted by Crippen LogP contribution is 2.32. The van der Waals surface area contributed by atoms with Crippen LogP contribution in [0.4, 0.5) is 0 Å². The van der Waals surface area contributed by atoms with Crippen LogP contribution in [0.25, 0.3) is 0 Å². The van der Waals surface area contributed by atoms with Gasteiger partial charge in [0.1, 0.15) is 0 Å². The Balaban J connectivity index is 0.000000205. The molecule has 0 unspecified atom stereocenters. The fourth-order valence-corrected chi connectivity index (χ4v) is 3.56. The van der Waals surface area contributed by atoms with Gasteiger partial charge in [0.05, 0.1) is 11.6 Å². The largest absolute Gasteiger partial charge is 0.466 e. The highest BCUT2D eigenvalue weighted by molar-refractivity contribution is 7.98. The Hall–Kier alpha value is -0.710. The Kier molecular flexibility index (Phi) is 6.20. The van der Waals surface area contributed by atoms with Crippen molar-refractivity contribution in [2.45, 2.75) is 30.6 Å². The van der Waals surface area contributed by atoms with Gasteiger partial charge >= 0.3 is 5.97 Å². The molecule has 3 nitrogen and oxygen atoms in total. The minimum absolute atomic E-state index is 0.0463. The van der Waals surface area contributed by atoms with Gasteiger partial charge in [-0.05, 0) is 55.8 Å². The van der Waals surface area contributed by atoms with Crippen molar-refractivity contribution in [3.8, 4) is 0 Å². The molecule has 20 heavy (non-hydrogen) atoms. The maximum absolute atomic E-state index is 10.0. The zero-order chi connectivity index (χ0) is 14.4. The van der Waals surface area contributed by atoms with Crippen LogP contribution in [0.3, 0.4) is 0 Å². The van der Waals surface area contributed by atoms with E-state index in [-0.39, 0.29) is 5.97 Å². The van der Waals surface area contributed by atoms with Crippen LogP contribution >= 0.6 is 23.4 Å². The zero-order valence-corrected chi connectivity index (χ0v) is 13.3. The predicted octanol–water partition coefficient (Wildman–Crippen LogP) is 3.07. The van der Waals surface area contributed by atoms with Crippen LogP contribution in [0.2, 0.25) is 5.02 Å². The molecule has 110 valence electrons. The van der Waals surface area contributed by atoms with E-state index in [1.54, 1.807) is 11.8 Å². The van der Waals surface area contributed by atoms with Crippen LogP contribution in [0.15, 0.2) is 17.0 Å². The summed E-state index contributed by atoms with van der Waals surface area (Å²) < 4.78 is 4.51. The lowest BCUT2D eigenvalue weighted by molar-refractivity contribution is -0.137. The van der Waals surface area contributed by atoms with Gasteiger partial charge in [0, 0.05) is 11.3 Å². The van der Waals surface area contributed by atoms with Crippen molar-refractivity contribution in [2.24, 2.45) is 0 Å². The van der Waals surface area contributed by atoms with Gasteiger partial charge in [0.2, 0.25) is 0 Å². The fourth-order valence-electron chi connectivity index (χ4n) is 2.41. The molecular weight excluding hydrogens is 294 g/mol. The van der Waals surface area contributed by atoms with Crippen LogP contribution in [0.1, 0.15) is 24.0 Å². The van der Waals surface area contributed by atoms with Crippen molar-refractivity contribution >= 4 is 29.3 Å². The molecule has 0 saturated carbocycles. The van der Waals surface area contributed by atoms with E-state index in [4.69, 9.17) is 11.6 Å². The molecule has 2 aliphatic rings. The van der Waals surface area contributed by atoms with E-state index in [1.807, 2.05) is 6.07 Å². The lowest BCUT2D eigenvalue weighted by Gasteiger charge is -2.11. The average Bonchev–Trinajstić information content (AvgIpc) is 2.80. The number of ether oxygens (including phenoxy) is 1. The first-order valence-corrected chi connectivity index (χ1v) is 8.53. The molecule has 0 atom stereocenters. The Labute approximate surface area is 129 Å². The number of halogens is 1. The van der Waals surface area contributed by atoms with Crippen molar-refractivity contribution in [2.75, 3.05) is 26.0 Å². The van der Waals surface area contributed by atoms with E-state index >= 15 is 0 Å². The Morgan fingerprint density at radius 2 is 2.05 bits per heavy atom. The normalized spacial score (nSPS) is 17.6. The van der Waals surface area contributed by atoms with Gasteiger partial charge in [-0.15, -0.1) is 11.8 Å². The number of fused-ring (bicyclic) bond motifs is 1. The van der Waals surface area contributed by atoms with Crippen molar-refractivity contribution in [1.82, 2.24) is 5.32 Å². The quantitative estimate of drug-likeness (QED) is 0.639. The first kappa shape index (κ1) is 15.7. The van der Waals surface area contributed by atoms with Crippen LogP contribution in [-0.2, 0) is 22.4 Å². The van der Waals surface area contributed by atoms with Gasteiger partial charge < -0.3 is 10.1 Å². The first-order chi connectivity index (χ1) is 9.72. The molecule has 0 amide bonds. The van der Waals surface area contributed by atoms with Crippen LogP contribution in [0.5, 0.6) is 0 Å². The van der Waals surface area contributed by atoms with E-state index in [2.05, 4.69) is 22.4 Å². The van der Waals surface area contributed by atoms with E-state index in [9.17, 15) is 4.79 Å². The summed E-state index contributed by atoms with van der Waals surface area (Å²) >= 11 is 7.93. The molecule has 0 aliphatic carbocycles. The van der Waals surface area contributed by atoms with Gasteiger partial charge in [0.15, 0.2) is 0 Å². The minimum Gasteiger partial charge on any atom is -0.466 e. The highest BCUT2D eigenvalue weighted by atomic mass is 35.5. The van der Waals surface area contributed by atoms with Gasteiger partial charge in [-0.2, -0.15) is 0 Å². The second kappa shape index (κ2) is 7.91. The minimum atomic E-state index is -0.0463. The molecule has 5 heteroatoms. The Morgan fingerprint density at radius 3 is 2.65 bits per heavy atom. The number of rotatable bonds is 1. The van der Waals surface area contributed by atoms with Crippen molar-refractivity contribution < 1.29 is 9.53 Å². The highest BCUT2D eigenvalue weighted by Gasteiger charge is 2.13. The molecule has 1 fully saturated rings. The first-order valence-electron chi connectivity index (χ1n) is 6.93. The number of carbonyl (C=O) groups is 1. The standard InChI is InChI=1S/C11H14ClNS.C4H6O2/c1-14-11-9-5-7-13-6-4-8(9)2-3-10(11)12;5-4-2-1-3-6-4/h2-3,13H,4-7H2,1H3;1-3H2. The monoisotopic (exact) mass is 313 g/mol. The van der Waals surface area contributed by atoms with Crippen LogP contribution in [-0.4, -0.2) is 31.9 Å². The smallest absolute Gasteiger partial charge is 0.305 e. The third-order valence-electron chi connectivity index (χ3n) is 3.42. The number of hydrogen-bond donors (Lipinski definition) is 1. The summed E-state index contributed by atoms with van der Waals surface area (Å²) in [6.07, 6.45) is 5.87. The summed E-state index contributed by atoms with van der Waals surface area (Å²) in [5.41, 5.74) is 2.92. The molecule has 1 aromatic rings. The number of hydrogen-bond acceptors (Lipinski definition) is 4. The molecule has 0 radical (unpaired) electrons. The molecular formula is C15H20ClNO2S. The number of benzene rings is 1. The fraction of sp³-hybridized carbons (Fsp3) is 0.533. The SMILES string of the molecule is CSc1c(Cl)ccc2c1CCNCC2.O=C1CCCO1. The van der Waals surface area contributed by atoms with E-state index in [1.165, 1.54) is 16.0 Å². The van der Waals surface area contributed by atoms with Crippen LogP contribution in [0, 0.1) is 0 Å². The maximum Gasteiger partial charge on any atom is 0.305 e. The third kappa shape index (κ3) is 4.14. The van der Waals surface area contributed by atoms with Gasteiger partial charge in [0.25, 0.3) is 0 Å². The summed E-state index contributed by atoms with van der Waals surface area (Å²) in [6, 6.07) is 4.20. The molecule has 0 spiro atoms. The topological polar surface area (TPSA) is 38.3 Å².